The van der Waals surface area contributed by atoms with Gasteiger partial charge in [-0.15, -0.1) is 0 Å². The molecule has 0 radical (unpaired) electrons. The van der Waals surface area contributed by atoms with E-state index in [0.29, 0.717) is 23.7 Å². The van der Waals surface area contributed by atoms with Crippen molar-refractivity contribution in [3.8, 4) is 11.5 Å². The third-order valence-electron chi connectivity index (χ3n) is 1.76. The van der Waals surface area contributed by atoms with Crippen LogP contribution in [0.2, 0.25) is 0 Å². The normalized spacial score (nSPS) is 9.31. The molecule has 1 aromatic carbocycles. The summed E-state index contributed by atoms with van der Waals surface area (Å²) in [6.45, 7) is 9.01. The Bertz CT molecular complexity index is 407. The molecule has 0 saturated heterocycles. The zero-order valence-corrected chi connectivity index (χ0v) is 9.23. The van der Waals surface area contributed by atoms with E-state index < -0.39 is 5.97 Å². The average Bonchev–Trinajstić information content (AvgIpc) is 2.27. The van der Waals surface area contributed by atoms with Gasteiger partial charge in [0, 0.05) is 5.57 Å². The summed E-state index contributed by atoms with van der Waals surface area (Å²) in [6.07, 6.45) is 1.62. The number of benzene rings is 1. The maximum absolute atomic E-state index is 11.3. The zero-order valence-electron chi connectivity index (χ0n) is 9.23. The summed E-state index contributed by atoms with van der Waals surface area (Å²) < 4.78 is 10.4. The molecule has 84 valence electrons. The molecule has 0 amide bonds. The molecule has 0 atom stereocenters. The van der Waals surface area contributed by atoms with E-state index in [0.717, 1.165) is 0 Å². The SMILES string of the molecule is C=CCOc1ccccc1OC(=O)C(=C)C. The van der Waals surface area contributed by atoms with Crippen LogP contribution >= 0.6 is 0 Å². The molecule has 0 aliphatic heterocycles. The topological polar surface area (TPSA) is 35.5 Å². The minimum absolute atomic E-state index is 0.346. The number of carbonyl (C=O) groups excluding carboxylic acids is 1. The van der Waals surface area contributed by atoms with Crippen molar-refractivity contribution in [2.24, 2.45) is 0 Å². The fourth-order valence-electron chi connectivity index (χ4n) is 0.989. The standard InChI is InChI=1S/C13H14O3/c1-4-9-15-11-7-5-6-8-12(11)16-13(14)10(2)3/h4-8H,1-2,9H2,3H3. The summed E-state index contributed by atoms with van der Waals surface area (Å²) in [7, 11) is 0. The lowest BCUT2D eigenvalue weighted by molar-refractivity contribution is -0.130. The van der Waals surface area contributed by atoms with Gasteiger partial charge in [0.25, 0.3) is 0 Å². The van der Waals surface area contributed by atoms with Crippen molar-refractivity contribution in [2.45, 2.75) is 6.92 Å². The molecular formula is C13H14O3. The molecule has 0 unspecified atom stereocenters. The Hall–Kier alpha value is -2.03. The van der Waals surface area contributed by atoms with Crippen LogP contribution in [0.3, 0.4) is 0 Å². The molecule has 3 nitrogen and oxygen atoms in total. The van der Waals surface area contributed by atoms with Gasteiger partial charge in [0.2, 0.25) is 0 Å². The van der Waals surface area contributed by atoms with Crippen LogP contribution < -0.4 is 9.47 Å². The molecule has 0 spiro atoms. The Morgan fingerprint density at radius 2 is 2.00 bits per heavy atom. The second-order valence-corrected chi connectivity index (χ2v) is 3.22. The summed E-state index contributed by atoms with van der Waals surface area (Å²) in [5.74, 6) is 0.434. The molecule has 0 bridgehead atoms. The van der Waals surface area contributed by atoms with Crippen molar-refractivity contribution < 1.29 is 14.3 Å². The van der Waals surface area contributed by atoms with Crippen LogP contribution in [-0.4, -0.2) is 12.6 Å². The molecule has 0 N–H and O–H groups in total. The van der Waals surface area contributed by atoms with Crippen LogP contribution in [0.25, 0.3) is 0 Å². The number of hydrogen-bond donors (Lipinski definition) is 0. The highest BCUT2D eigenvalue weighted by atomic mass is 16.6. The molecule has 1 aromatic rings. The first kappa shape index (κ1) is 12.0. The molecule has 1 rings (SSSR count). The van der Waals surface area contributed by atoms with Crippen LogP contribution in [-0.2, 0) is 4.79 Å². The average molecular weight is 218 g/mol. The molecule has 0 saturated carbocycles. The molecule has 3 heteroatoms. The van der Waals surface area contributed by atoms with Crippen molar-refractivity contribution in [3.05, 3.63) is 49.1 Å². The van der Waals surface area contributed by atoms with Gasteiger partial charge >= 0.3 is 5.97 Å². The molecule has 0 heterocycles. The molecule has 0 aliphatic carbocycles. The second kappa shape index (κ2) is 5.75. The van der Waals surface area contributed by atoms with Gasteiger partial charge < -0.3 is 9.47 Å². The first-order valence-electron chi connectivity index (χ1n) is 4.85. The summed E-state index contributed by atoms with van der Waals surface area (Å²) in [5, 5.41) is 0. The predicted octanol–water partition coefficient (Wildman–Crippen LogP) is 2.73. The third kappa shape index (κ3) is 3.28. The number of esters is 1. The van der Waals surface area contributed by atoms with Gasteiger partial charge in [-0.2, -0.15) is 0 Å². The van der Waals surface area contributed by atoms with Crippen LogP contribution in [0, 0.1) is 0 Å². The Labute approximate surface area is 95.0 Å². The number of ether oxygens (including phenoxy) is 2. The largest absolute Gasteiger partial charge is 0.486 e. The van der Waals surface area contributed by atoms with Gasteiger partial charge in [-0.05, 0) is 19.1 Å². The van der Waals surface area contributed by atoms with E-state index in [-0.39, 0.29) is 0 Å². The summed E-state index contributed by atoms with van der Waals surface area (Å²) >= 11 is 0. The highest BCUT2D eigenvalue weighted by molar-refractivity contribution is 5.89. The minimum atomic E-state index is -0.463. The minimum Gasteiger partial charge on any atom is -0.486 e. The van der Waals surface area contributed by atoms with Crippen LogP contribution in [0.4, 0.5) is 0 Å². The Morgan fingerprint density at radius 1 is 1.38 bits per heavy atom. The highest BCUT2D eigenvalue weighted by Crippen LogP contribution is 2.26. The van der Waals surface area contributed by atoms with Gasteiger partial charge in [0.1, 0.15) is 6.61 Å². The lowest BCUT2D eigenvalue weighted by atomic mass is 10.3. The Balaban J connectivity index is 2.81. The summed E-state index contributed by atoms with van der Waals surface area (Å²) in [6, 6.07) is 6.96. The lowest BCUT2D eigenvalue weighted by Gasteiger charge is -2.09. The summed E-state index contributed by atoms with van der Waals surface area (Å²) in [5.41, 5.74) is 0.346. The van der Waals surface area contributed by atoms with Crippen LogP contribution in [0.15, 0.2) is 49.1 Å². The maximum Gasteiger partial charge on any atom is 0.338 e. The van der Waals surface area contributed by atoms with Gasteiger partial charge in [-0.3, -0.25) is 0 Å². The van der Waals surface area contributed by atoms with Gasteiger partial charge in [-0.1, -0.05) is 31.4 Å². The first-order chi connectivity index (χ1) is 7.65. The lowest BCUT2D eigenvalue weighted by Crippen LogP contribution is -2.09. The quantitative estimate of drug-likeness (QED) is 0.330. The van der Waals surface area contributed by atoms with Crippen molar-refractivity contribution in [3.63, 3.8) is 0 Å². The van der Waals surface area contributed by atoms with Gasteiger partial charge in [0.05, 0.1) is 0 Å². The van der Waals surface area contributed by atoms with E-state index in [9.17, 15) is 4.79 Å². The number of hydrogen-bond acceptors (Lipinski definition) is 3. The number of rotatable bonds is 5. The van der Waals surface area contributed by atoms with Gasteiger partial charge in [-0.25, -0.2) is 4.79 Å². The van der Waals surface area contributed by atoms with E-state index in [1.165, 1.54) is 0 Å². The molecule has 0 aromatic heterocycles. The molecule has 16 heavy (non-hydrogen) atoms. The Morgan fingerprint density at radius 3 is 2.56 bits per heavy atom. The van der Waals surface area contributed by atoms with E-state index >= 15 is 0 Å². The second-order valence-electron chi connectivity index (χ2n) is 3.22. The first-order valence-corrected chi connectivity index (χ1v) is 4.85. The number of para-hydroxylation sites is 2. The van der Waals surface area contributed by atoms with Crippen molar-refractivity contribution in [1.82, 2.24) is 0 Å². The van der Waals surface area contributed by atoms with Crippen molar-refractivity contribution >= 4 is 5.97 Å². The molecule has 0 aliphatic rings. The van der Waals surface area contributed by atoms with E-state index in [4.69, 9.17) is 9.47 Å². The maximum atomic E-state index is 11.3. The number of carbonyl (C=O) groups is 1. The molecule has 0 fully saturated rings. The molecular weight excluding hydrogens is 204 g/mol. The van der Waals surface area contributed by atoms with E-state index in [1.54, 1.807) is 37.3 Å². The highest BCUT2D eigenvalue weighted by Gasteiger charge is 2.09. The van der Waals surface area contributed by atoms with Crippen LogP contribution in [0.1, 0.15) is 6.92 Å². The predicted molar refractivity (Wildman–Crippen MR) is 62.6 cm³/mol. The zero-order chi connectivity index (χ0) is 12.0. The van der Waals surface area contributed by atoms with Gasteiger partial charge in [0.15, 0.2) is 11.5 Å². The summed E-state index contributed by atoms with van der Waals surface area (Å²) in [4.78, 5) is 11.3. The van der Waals surface area contributed by atoms with Crippen molar-refractivity contribution in [2.75, 3.05) is 6.61 Å². The third-order valence-corrected chi connectivity index (χ3v) is 1.76. The Kier molecular flexibility index (Phi) is 4.33. The monoisotopic (exact) mass is 218 g/mol. The van der Waals surface area contributed by atoms with Crippen molar-refractivity contribution in [1.29, 1.82) is 0 Å². The fourth-order valence-corrected chi connectivity index (χ4v) is 0.989. The van der Waals surface area contributed by atoms with E-state index in [2.05, 4.69) is 13.2 Å². The smallest absolute Gasteiger partial charge is 0.338 e. The van der Waals surface area contributed by atoms with E-state index in [1.807, 2.05) is 0 Å². The van der Waals surface area contributed by atoms with Crippen LogP contribution in [0.5, 0.6) is 11.5 Å². The fraction of sp³-hybridized carbons (Fsp3) is 0.154.